The number of nitrogens with one attached hydrogen (secondary N) is 1. The highest BCUT2D eigenvalue weighted by Crippen LogP contribution is 2.28. The summed E-state index contributed by atoms with van der Waals surface area (Å²) in [6, 6.07) is 4.32. The van der Waals surface area contributed by atoms with Crippen molar-refractivity contribution in [3.8, 4) is 0 Å². The van der Waals surface area contributed by atoms with Crippen LogP contribution in [-0.4, -0.2) is 24.6 Å². The first-order chi connectivity index (χ1) is 9.20. The third-order valence-corrected chi connectivity index (χ3v) is 4.15. The summed E-state index contributed by atoms with van der Waals surface area (Å²) < 4.78 is 0. The second-order valence-corrected chi connectivity index (χ2v) is 5.89. The van der Waals surface area contributed by atoms with Crippen molar-refractivity contribution in [1.82, 2.24) is 4.98 Å². The van der Waals surface area contributed by atoms with Gasteiger partial charge >= 0.3 is 0 Å². The molecular formula is C16H27N3. The fourth-order valence-corrected chi connectivity index (χ4v) is 2.79. The summed E-state index contributed by atoms with van der Waals surface area (Å²) in [5.74, 6) is 2.72. The Bertz CT molecular complexity index is 381. The first-order valence-corrected chi connectivity index (χ1v) is 7.65. The largest absolute Gasteiger partial charge is 0.371 e. The van der Waals surface area contributed by atoms with E-state index in [1.165, 1.54) is 31.6 Å². The standard InChI is InChI=1S/C16H27N3/c1-4-8-17-16-12-15(5-9-18-16)19-10-6-14(7-11-19)13(2)3/h5,9,12-14H,4,6-8,10-11H2,1-3H3,(H,17,18). The molecule has 0 atom stereocenters. The third kappa shape index (κ3) is 3.85. The monoisotopic (exact) mass is 261 g/mol. The predicted molar refractivity (Wildman–Crippen MR) is 82.8 cm³/mol. The molecule has 19 heavy (non-hydrogen) atoms. The van der Waals surface area contributed by atoms with E-state index in [2.05, 4.69) is 48.1 Å². The van der Waals surface area contributed by atoms with Gasteiger partial charge in [0.25, 0.3) is 0 Å². The average Bonchev–Trinajstić information content (AvgIpc) is 2.45. The first kappa shape index (κ1) is 14.2. The van der Waals surface area contributed by atoms with Crippen molar-refractivity contribution in [1.29, 1.82) is 0 Å². The lowest BCUT2D eigenvalue weighted by atomic mass is 9.86. The van der Waals surface area contributed by atoms with Gasteiger partial charge in [0.1, 0.15) is 5.82 Å². The minimum atomic E-state index is 0.821. The molecule has 0 aromatic carbocycles. The van der Waals surface area contributed by atoms with Crippen LogP contribution in [0.5, 0.6) is 0 Å². The van der Waals surface area contributed by atoms with Crippen LogP contribution < -0.4 is 10.2 Å². The summed E-state index contributed by atoms with van der Waals surface area (Å²) in [7, 11) is 0. The SMILES string of the molecule is CCCNc1cc(N2CCC(C(C)C)CC2)ccn1. The summed E-state index contributed by atoms with van der Waals surface area (Å²) >= 11 is 0. The lowest BCUT2D eigenvalue weighted by Gasteiger charge is -2.35. The van der Waals surface area contributed by atoms with E-state index in [0.717, 1.165) is 30.6 Å². The van der Waals surface area contributed by atoms with Gasteiger partial charge in [-0.3, -0.25) is 0 Å². The fraction of sp³-hybridized carbons (Fsp3) is 0.688. The third-order valence-electron chi connectivity index (χ3n) is 4.15. The average molecular weight is 261 g/mol. The number of rotatable bonds is 5. The number of aromatic nitrogens is 1. The fourth-order valence-electron chi connectivity index (χ4n) is 2.79. The van der Waals surface area contributed by atoms with Crippen molar-refractivity contribution in [2.24, 2.45) is 11.8 Å². The zero-order valence-electron chi connectivity index (χ0n) is 12.5. The Morgan fingerprint density at radius 2 is 2.11 bits per heavy atom. The van der Waals surface area contributed by atoms with Crippen LogP contribution >= 0.6 is 0 Å². The molecule has 0 spiro atoms. The molecule has 1 N–H and O–H groups in total. The van der Waals surface area contributed by atoms with Crippen molar-refractivity contribution >= 4 is 11.5 Å². The van der Waals surface area contributed by atoms with Crippen LogP contribution in [0.3, 0.4) is 0 Å². The second-order valence-electron chi connectivity index (χ2n) is 5.89. The van der Waals surface area contributed by atoms with Crippen LogP contribution in [0.1, 0.15) is 40.0 Å². The molecular weight excluding hydrogens is 234 g/mol. The van der Waals surface area contributed by atoms with Gasteiger partial charge in [-0.05, 0) is 37.2 Å². The first-order valence-electron chi connectivity index (χ1n) is 7.65. The smallest absolute Gasteiger partial charge is 0.127 e. The Hall–Kier alpha value is -1.25. The summed E-state index contributed by atoms with van der Waals surface area (Å²) in [5, 5.41) is 3.36. The Kier molecular flexibility index (Phi) is 5.06. The molecule has 0 saturated carbocycles. The minimum absolute atomic E-state index is 0.821. The molecule has 0 aliphatic carbocycles. The molecule has 0 bridgehead atoms. The zero-order chi connectivity index (χ0) is 13.7. The van der Waals surface area contributed by atoms with Crippen molar-refractivity contribution in [2.45, 2.75) is 40.0 Å². The summed E-state index contributed by atoms with van der Waals surface area (Å²) in [4.78, 5) is 6.87. The van der Waals surface area contributed by atoms with E-state index in [-0.39, 0.29) is 0 Å². The molecule has 106 valence electrons. The molecule has 0 unspecified atom stereocenters. The Morgan fingerprint density at radius 3 is 2.74 bits per heavy atom. The Morgan fingerprint density at radius 1 is 1.37 bits per heavy atom. The van der Waals surface area contributed by atoms with Crippen LogP contribution in [0.15, 0.2) is 18.3 Å². The van der Waals surface area contributed by atoms with E-state index >= 15 is 0 Å². The van der Waals surface area contributed by atoms with Gasteiger partial charge in [-0.15, -0.1) is 0 Å². The number of piperidine rings is 1. The molecule has 0 amide bonds. The number of hydrogen-bond acceptors (Lipinski definition) is 3. The molecule has 1 aromatic heterocycles. The zero-order valence-corrected chi connectivity index (χ0v) is 12.5. The summed E-state index contributed by atoms with van der Waals surface area (Å²) in [6.45, 7) is 10.2. The Balaban J connectivity index is 1.95. The van der Waals surface area contributed by atoms with Crippen LogP contribution in [0.4, 0.5) is 11.5 Å². The number of nitrogens with zero attached hydrogens (tertiary/aromatic N) is 2. The van der Waals surface area contributed by atoms with Gasteiger partial charge in [0, 0.05) is 37.6 Å². The van der Waals surface area contributed by atoms with Gasteiger partial charge in [0.05, 0.1) is 0 Å². The summed E-state index contributed by atoms with van der Waals surface area (Å²) in [6.07, 6.45) is 5.68. The van der Waals surface area contributed by atoms with Gasteiger partial charge in [0.2, 0.25) is 0 Å². The molecule has 0 radical (unpaired) electrons. The maximum absolute atomic E-state index is 4.38. The highest BCUT2D eigenvalue weighted by Gasteiger charge is 2.21. The quantitative estimate of drug-likeness (QED) is 0.874. The topological polar surface area (TPSA) is 28.2 Å². The number of anilines is 2. The number of pyridine rings is 1. The van der Waals surface area contributed by atoms with Crippen LogP contribution in [0, 0.1) is 11.8 Å². The summed E-state index contributed by atoms with van der Waals surface area (Å²) in [5.41, 5.74) is 1.32. The molecule has 1 aromatic rings. The number of hydrogen-bond donors (Lipinski definition) is 1. The van der Waals surface area contributed by atoms with Crippen molar-refractivity contribution in [2.75, 3.05) is 29.9 Å². The van der Waals surface area contributed by atoms with Crippen molar-refractivity contribution < 1.29 is 0 Å². The molecule has 3 heteroatoms. The minimum Gasteiger partial charge on any atom is -0.371 e. The highest BCUT2D eigenvalue weighted by atomic mass is 15.1. The highest BCUT2D eigenvalue weighted by molar-refractivity contribution is 5.54. The van der Waals surface area contributed by atoms with Gasteiger partial charge in [-0.25, -0.2) is 4.98 Å². The van der Waals surface area contributed by atoms with E-state index in [4.69, 9.17) is 0 Å². The van der Waals surface area contributed by atoms with E-state index in [9.17, 15) is 0 Å². The van der Waals surface area contributed by atoms with Gasteiger partial charge in [0.15, 0.2) is 0 Å². The van der Waals surface area contributed by atoms with Gasteiger partial charge in [-0.1, -0.05) is 20.8 Å². The van der Waals surface area contributed by atoms with Crippen LogP contribution in [0.25, 0.3) is 0 Å². The molecule has 2 heterocycles. The van der Waals surface area contributed by atoms with Crippen LogP contribution in [0.2, 0.25) is 0 Å². The maximum atomic E-state index is 4.38. The van der Waals surface area contributed by atoms with Crippen LogP contribution in [-0.2, 0) is 0 Å². The van der Waals surface area contributed by atoms with Gasteiger partial charge in [-0.2, -0.15) is 0 Å². The lowest BCUT2D eigenvalue weighted by Crippen LogP contribution is -2.35. The Labute approximate surface area is 117 Å². The molecule has 1 saturated heterocycles. The molecule has 2 rings (SSSR count). The van der Waals surface area contributed by atoms with E-state index in [0.29, 0.717) is 0 Å². The maximum Gasteiger partial charge on any atom is 0.127 e. The van der Waals surface area contributed by atoms with E-state index < -0.39 is 0 Å². The predicted octanol–water partition coefficient (Wildman–Crippen LogP) is 3.78. The van der Waals surface area contributed by atoms with E-state index in [1.54, 1.807) is 0 Å². The van der Waals surface area contributed by atoms with Crippen molar-refractivity contribution in [3.05, 3.63) is 18.3 Å². The molecule has 3 nitrogen and oxygen atoms in total. The normalized spacial score (nSPS) is 16.9. The van der Waals surface area contributed by atoms with E-state index in [1.807, 2.05) is 6.20 Å². The van der Waals surface area contributed by atoms with Gasteiger partial charge < -0.3 is 10.2 Å². The second kappa shape index (κ2) is 6.78. The lowest BCUT2D eigenvalue weighted by molar-refractivity contribution is 0.311. The molecule has 1 aliphatic heterocycles. The molecule has 1 fully saturated rings. The molecule has 1 aliphatic rings. The van der Waals surface area contributed by atoms with Crippen molar-refractivity contribution in [3.63, 3.8) is 0 Å².